The van der Waals surface area contributed by atoms with Gasteiger partial charge >= 0.3 is 0 Å². The lowest BCUT2D eigenvalue weighted by atomic mass is 10.0. The number of aromatic nitrogens is 2. The van der Waals surface area contributed by atoms with Crippen LogP contribution in [0.4, 0.5) is 0 Å². The van der Waals surface area contributed by atoms with Gasteiger partial charge in [-0.2, -0.15) is 5.10 Å². The molecule has 0 unspecified atom stereocenters. The van der Waals surface area contributed by atoms with Crippen LogP contribution in [0.5, 0.6) is 0 Å². The van der Waals surface area contributed by atoms with Gasteiger partial charge in [0, 0.05) is 13.0 Å². The zero-order valence-electron chi connectivity index (χ0n) is 12.4. The minimum absolute atomic E-state index is 0.0696. The zero-order chi connectivity index (χ0) is 15.2. The molecule has 1 aliphatic rings. The number of ether oxygens (including phenoxy) is 1. The van der Waals surface area contributed by atoms with Gasteiger partial charge < -0.3 is 4.74 Å². The molecular formula is C14H21N3O4. The smallest absolute Gasteiger partial charge is 0.280 e. The maximum atomic E-state index is 12.2. The summed E-state index contributed by atoms with van der Waals surface area (Å²) in [6, 6.07) is 0. The molecule has 1 aromatic rings. The maximum absolute atomic E-state index is 12.2. The van der Waals surface area contributed by atoms with Gasteiger partial charge in [-0.3, -0.25) is 9.59 Å². The van der Waals surface area contributed by atoms with Gasteiger partial charge in [0.05, 0.1) is 5.69 Å². The predicted octanol–water partition coefficient (Wildman–Crippen LogP) is 1.08. The zero-order valence-corrected chi connectivity index (χ0v) is 12.4. The second-order valence-corrected chi connectivity index (χ2v) is 4.91. The summed E-state index contributed by atoms with van der Waals surface area (Å²) in [5.41, 5.74) is 3.27. The highest BCUT2D eigenvalue weighted by molar-refractivity contribution is 5.94. The molecule has 0 bridgehead atoms. The number of nitrogens with zero attached hydrogens (tertiary/aromatic N) is 1. The minimum Gasteiger partial charge on any atom is -0.350 e. The van der Waals surface area contributed by atoms with Crippen LogP contribution in [0, 0.1) is 0 Å². The van der Waals surface area contributed by atoms with Crippen LogP contribution < -0.4 is 11.0 Å². The van der Waals surface area contributed by atoms with E-state index in [2.05, 4.69) is 15.7 Å². The third kappa shape index (κ3) is 3.68. The number of hydroxylamine groups is 1. The Hall–Kier alpha value is -1.73. The largest absolute Gasteiger partial charge is 0.350 e. The highest BCUT2D eigenvalue weighted by Crippen LogP contribution is 2.13. The molecular weight excluding hydrogens is 274 g/mol. The standard InChI is InChI=1S/C14H21N3O4/c1-3-9-10(4-2)15-16-13(18)12(9)14(19)17-21-11-7-5-6-8-20-11/h11H,3-8H2,1-2H3,(H,16,18)(H,17,19)/t11-/m1/s1. The molecule has 0 saturated carbocycles. The molecule has 0 radical (unpaired) electrons. The van der Waals surface area contributed by atoms with Crippen molar-refractivity contribution in [2.75, 3.05) is 6.61 Å². The van der Waals surface area contributed by atoms with Crippen LogP contribution in [0.25, 0.3) is 0 Å². The van der Waals surface area contributed by atoms with Crippen molar-refractivity contribution in [3.8, 4) is 0 Å². The minimum atomic E-state index is -0.556. The summed E-state index contributed by atoms with van der Waals surface area (Å²) in [4.78, 5) is 29.3. The Morgan fingerprint density at radius 1 is 1.43 bits per heavy atom. The van der Waals surface area contributed by atoms with Gasteiger partial charge in [0.1, 0.15) is 5.56 Å². The Kier molecular flexibility index (Phi) is 5.46. The Labute approximate surface area is 123 Å². The van der Waals surface area contributed by atoms with Gasteiger partial charge in [0.15, 0.2) is 6.29 Å². The lowest BCUT2D eigenvalue weighted by molar-refractivity contribution is -0.186. The van der Waals surface area contributed by atoms with Gasteiger partial charge in [-0.05, 0) is 31.2 Å². The molecule has 2 N–H and O–H groups in total. The number of rotatable bonds is 5. The van der Waals surface area contributed by atoms with E-state index in [-0.39, 0.29) is 5.56 Å². The fraction of sp³-hybridized carbons (Fsp3) is 0.643. The number of hydrogen-bond acceptors (Lipinski definition) is 5. The number of H-pyrrole nitrogens is 1. The highest BCUT2D eigenvalue weighted by atomic mass is 16.8. The number of amides is 1. The molecule has 2 rings (SSSR count). The fourth-order valence-electron chi connectivity index (χ4n) is 2.41. The Morgan fingerprint density at radius 2 is 2.24 bits per heavy atom. The number of nitrogens with one attached hydrogen (secondary N) is 2. The van der Waals surface area contributed by atoms with Crippen LogP contribution in [0.1, 0.15) is 54.7 Å². The number of carbonyl (C=O) groups excluding carboxylic acids is 1. The summed E-state index contributed by atoms with van der Waals surface area (Å²) in [5.74, 6) is -0.556. The summed E-state index contributed by atoms with van der Waals surface area (Å²) >= 11 is 0. The van der Waals surface area contributed by atoms with Crippen molar-refractivity contribution in [3.63, 3.8) is 0 Å². The summed E-state index contributed by atoms with van der Waals surface area (Å²) in [7, 11) is 0. The Bertz CT molecular complexity index is 550. The van der Waals surface area contributed by atoms with E-state index in [9.17, 15) is 9.59 Å². The molecule has 0 spiro atoms. The fourth-order valence-corrected chi connectivity index (χ4v) is 2.41. The van der Waals surface area contributed by atoms with Crippen LogP contribution in [0.3, 0.4) is 0 Å². The summed E-state index contributed by atoms with van der Waals surface area (Å²) in [6.07, 6.45) is 3.48. The molecule has 1 atom stereocenters. The molecule has 2 heterocycles. The monoisotopic (exact) mass is 295 g/mol. The van der Waals surface area contributed by atoms with E-state index in [1.807, 2.05) is 13.8 Å². The van der Waals surface area contributed by atoms with Crippen molar-refractivity contribution in [3.05, 3.63) is 27.2 Å². The van der Waals surface area contributed by atoms with Crippen molar-refractivity contribution >= 4 is 5.91 Å². The van der Waals surface area contributed by atoms with E-state index in [1.165, 1.54) is 0 Å². The third-order valence-corrected chi connectivity index (χ3v) is 3.51. The lowest BCUT2D eigenvalue weighted by Gasteiger charge is -2.22. The molecule has 7 nitrogen and oxygen atoms in total. The van der Waals surface area contributed by atoms with Gasteiger partial charge in [-0.1, -0.05) is 13.8 Å². The normalized spacial score (nSPS) is 18.5. The number of hydrogen-bond donors (Lipinski definition) is 2. The molecule has 1 amide bonds. The van der Waals surface area contributed by atoms with E-state index >= 15 is 0 Å². The molecule has 1 fully saturated rings. The SMILES string of the molecule is CCc1n[nH]c(=O)c(C(=O)NO[C@@H]2CCCCO2)c1CC. The van der Waals surface area contributed by atoms with Crippen molar-refractivity contribution in [1.29, 1.82) is 0 Å². The van der Waals surface area contributed by atoms with Crippen molar-refractivity contribution in [1.82, 2.24) is 15.7 Å². The second-order valence-electron chi connectivity index (χ2n) is 4.91. The predicted molar refractivity (Wildman–Crippen MR) is 75.8 cm³/mol. The quantitative estimate of drug-likeness (QED) is 0.793. The first-order valence-corrected chi connectivity index (χ1v) is 7.35. The van der Waals surface area contributed by atoms with Gasteiger partial charge in [0.25, 0.3) is 11.5 Å². The maximum Gasteiger partial charge on any atom is 0.280 e. The molecule has 1 saturated heterocycles. The molecule has 0 aromatic carbocycles. The first-order chi connectivity index (χ1) is 10.2. The first kappa shape index (κ1) is 15.7. The molecule has 116 valence electrons. The van der Waals surface area contributed by atoms with Crippen LogP contribution in [0.15, 0.2) is 4.79 Å². The first-order valence-electron chi connectivity index (χ1n) is 7.35. The summed E-state index contributed by atoms with van der Waals surface area (Å²) < 4.78 is 5.36. The van der Waals surface area contributed by atoms with E-state index < -0.39 is 17.8 Å². The molecule has 1 aromatic heterocycles. The third-order valence-electron chi connectivity index (χ3n) is 3.51. The Balaban J connectivity index is 2.12. The molecule has 0 aliphatic carbocycles. The van der Waals surface area contributed by atoms with Gasteiger partial charge in [0.2, 0.25) is 0 Å². The van der Waals surface area contributed by atoms with Crippen LogP contribution in [-0.4, -0.2) is 29.0 Å². The van der Waals surface area contributed by atoms with Gasteiger partial charge in [-0.25, -0.2) is 15.4 Å². The lowest BCUT2D eigenvalue weighted by Crippen LogP contribution is -2.37. The molecule has 21 heavy (non-hydrogen) atoms. The van der Waals surface area contributed by atoms with E-state index in [1.54, 1.807) is 0 Å². The number of aromatic amines is 1. The van der Waals surface area contributed by atoms with E-state index in [4.69, 9.17) is 9.57 Å². The van der Waals surface area contributed by atoms with E-state index in [0.717, 1.165) is 25.0 Å². The topological polar surface area (TPSA) is 93.3 Å². The van der Waals surface area contributed by atoms with Crippen LogP contribution >= 0.6 is 0 Å². The van der Waals surface area contributed by atoms with Crippen molar-refractivity contribution < 1.29 is 14.4 Å². The van der Waals surface area contributed by atoms with E-state index in [0.29, 0.717) is 25.0 Å². The van der Waals surface area contributed by atoms with Crippen LogP contribution in [0.2, 0.25) is 0 Å². The number of carbonyl (C=O) groups is 1. The van der Waals surface area contributed by atoms with Crippen molar-refractivity contribution in [2.24, 2.45) is 0 Å². The summed E-state index contributed by atoms with van der Waals surface area (Å²) in [5, 5.41) is 6.34. The number of aryl methyl sites for hydroxylation is 1. The second kappa shape index (κ2) is 7.33. The molecule has 1 aliphatic heterocycles. The van der Waals surface area contributed by atoms with Crippen LogP contribution in [-0.2, 0) is 22.4 Å². The highest BCUT2D eigenvalue weighted by Gasteiger charge is 2.21. The summed E-state index contributed by atoms with van der Waals surface area (Å²) in [6.45, 7) is 4.43. The average molecular weight is 295 g/mol. The van der Waals surface area contributed by atoms with Gasteiger partial charge in [-0.15, -0.1) is 0 Å². The Morgan fingerprint density at radius 3 is 2.86 bits per heavy atom. The average Bonchev–Trinajstić information content (AvgIpc) is 2.53. The van der Waals surface area contributed by atoms with Crippen molar-refractivity contribution in [2.45, 2.75) is 52.2 Å². The molecule has 7 heteroatoms.